The fraction of sp³-hybridized carbons (Fsp3) is 0.462. The van der Waals surface area contributed by atoms with Crippen molar-refractivity contribution in [3.63, 3.8) is 0 Å². The molecule has 1 heterocycles. The molecule has 0 saturated heterocycles. The number of ether oxygens (including phenoxy) is 1. The summed E-state index contributed by atoms with van der Waals surface area (Å²) in [7, 11) is 3.06. The Labute approximate surface area is 107 Å². The van der Waals surface area contributed by atoms with Crippen molar-refractivity contribution in [2.45, 2.75) is 19.4 Å². The van der Waals surface area contributed by atoms with Crippen molar-refractivity contribution in [2.75, 3.05) is 26.0 Å². The lowest BCUT2D eigenvalue weighted by Crippen LogP contribution is -2.37. The third-order valence-electron chi connectivity index (χ3n) is 2.98. The maximum atomic E-state index is 11.7. The van der Waals surface area contributed by atoms with Crippen LogP contribution in [0.25, 0.3) is 0 Å². The van der Waals surface area contributed by atoms with Gasteiger partial charge in [-0.15, -0.1) is 0 Å². The summed E-state index contributed by atoms with van der Waals surface area (Å²) < 4.78 is 5.79. The molecule has 5 nitrogen and oxygen atoms in total. The van der Waals surface area contributed by atoms with Crippen molar-refractivity contribution >= 4 is 11.6 Å². The molecule has 1 aliphatic rings. The van der Waals surface area contributed by atoms with Crippen LogP contribution in [0.4, 0.5) is 5.69 Å². The Morgan fingerprint density at radius 3 is 3.11 bits per heavy atom. The number of benzene rings is 1. The Balaban J connectivity index is 2.00. The highest BCUT2D eigenvalue weighted by atomic mass is 16.7. The zero-order valence-electron chi connectivity index (χ0n) is 10.9. The Hall–Kier alpha value is -1.75. The van der Waals surface area contributed by atoms with Gasteiger partial charge in [0.2, 0.25) is 5.91 Å². The molecule has 0 saturated carbocycles. The molecule has 0 fully saturated rings. The quantitative estimate of drug-likeness (QED) is 0.827. The summed E-state index contributed by atoms with van der Waals surface area (Å²) >= 11 is 0. The second-order valence-electron chi connectivity index (χ2n) is 4.40. The van der Waals surface area contributed by atoms with Gasteiger partial charge in [-0.05, 0) is 24.6 Å². The highest BCUT2D eigenvalue weighted by Crippen LogP contribution is 2.30. The fourth-order valence-electron chi connectivity index (χ4n) is 1.87. The van der Waals surface area contributed by atoms with E-state index in [1.807, 2.05) is 25.1 Å². The number of carbonyl (C=O) groups is 1. The molecule has 1 aromatic carbocycles. The van der Waals surface area contributed by atoms with Gasteiger partial charge in [0.15, 0.2) is 0 Å². The van der Waals surface area contributed by atoms with Crippen LogP contribution in [-0.2, 0) is 9.63 Å². The fourth-order valence-corrected chi connectivity index (χ4v) is 1.87. The minimum atomic E-state index is -0.162. The van der Waals surface area contributed by atoms with E-state index in [2.05, 4.69) is 5.32 Å². The van der Waals surface area contributed by atoms with Gasteiger partial charge < -0.3 is 10.1 Å². The van der Waals surface area contributed by atoms with Crippen LogP contribution in [0, 0.1) is 6.92 Å². The molecule has 0 bridgehead atoms. The molecule has 2 rings (SSSR count). The average molecular weight is 250 g/mol. The first-order chi connectivity index (χ1) is 8.60. The molecule has 0 unspecified atom stereocenters. The number of aryl methyl sites for hydroxylation is 1. The van der Waals surface area contributed by atoms with Crippen LogP contribution in [-0.4, -0.2) is 37.8 Å². The van der Waals surface area contributed by atoms with Gasteiger partial charge in [0, 0.05) is 7.05 Å². The summed E-state index contributed by atoms with van der Waals surface area (Å²) in [6.07, 6.45) is 0.135. The van der Waals surface area contributed by atoms with Crippen molar-refractivity contribution < 1.29 is 14.4 Å². The molecule has 0 radical (unpaired) electrons. The zero-order chi connectivity index (χ0) is 13.1. The van der Waals surface area contributed by atoms with Crippen molar-refractivity contribution in [3.05, 3.63) is 23.8 Å². The van der Waals surface area contributed by atoms with Crippen molar-refractivity contribution in [3.8, 4) is 5.75 Å². The average Bonchev–Trinajstić information content (AvgIpc) is 2.38. The third-order valence-corrected chi connectivity index (χ3v) is 2.98. The van der Waals surface area contributed by atoms with E-state index in [1.54, 1.807) is 7.05 Å². The van der Waals surface area contributed by atoms with Gasteiger partial charge in [0.1, 0.15) is 11.9 Å². The number of hydrogen-bond donors (Lipinski definition) is 1. The summed E-state index contributed by atoms with van der Waals surface area (Å²) in [5.41, 5.74) is 2.16. The summed E-state index contributed by atoms with van der Waals surface area (Å²) in [4.78, 5) is 16.5. The van der Waals surface area contributed by atoms with Gasteiger partial charge in [-0.25, -0.2) is 5.06 Å². The SMILES string of the molecule is CON(C)C(=O)C[C@H]1CNc2cc(C)ccc2O1. The van der Waals surface area contributed by atoms with Gasteiger partial charge in [0.05, 0.1) is 25.8 Å². The molecule has 1 amide bonds. The molecule has 98 valence electrons. The highest BCUT2D eigenvalue weighted by Gasteiger charge is 2.23. The predicted octanol–water partition coefficient (Wildman–Crippen LogP) is 1.58. The van der Waals surface area contributed by atoms with Crippen LogP contribution < -0.4 is 10.1 Å². The standard InChI is InChI=1S/C13H18N2O3/c1-9-4-5-12-11(6-9)14-8-10(18-12)7-13(16)15(2)17-3/h4-6,10,14H,7-8H2,1-3H3/t10-/m0/s1. The number of anilines is 1. The van der Waals surface area contributed by atoms with Gasteiger partial charge in [-0.1, -0.05) is 6.07 Å². The molecule has 1 aromatic rings. The maximum absolute atomic E-state index is 11.7. The summed E-state index contributed by atoms with van der Waals surface area (Å²) in [5.74, 6) is 0.699. The molecular weight excluding hydrogens is 232 g/mol. The van der Waals surface area contributed by atoms with E-state index in [0.717, 1.165) is 11.4 Å². The molecule has 1 N–H and O–H groups in total. The second-order valence-corrected chi connectivity index (χ2v) is 4.40. The molecule has 0 aliphatic carbocycles. The maximum Gasteiger partial charge on any atom is 0.249 e. The van der Waals surface area contributed by atoms with Gasteiger partial charge in [-0.2, -0.15) is 0 Å². The molecule has 1 aliphatic heterocycles. The highest BCUT2D eigenvalue weighted by molar-refractivity contribution is 5.75. The minimum absolute atomic E-state index is 0.0974. The number of nitrogens with zero attached hydrogens (tertiary/aromatic N) is 1. The lowest BCUT2D eigenvalue weighted by molar-refractivity contribution is -0.170. The van der Waals surface area contributed by atoms with Crippen LogP contribution in [0.1, 0.15) is 12.0 Å². The van der Waals surface area contributed by atoms with E-state index in [4.69, 9.17) is 9.57 Å². The zero-order valence-corrected chi connectivity index (χ0v) is 10.9. The van der Waals surface area contributed by atoms with Crippen molar-refractivity contribution in [1.29, 1.82) is 0 Å². The first-order valence-electron chi connectivity index (χ1n) is 5.92. The topological polar surface area (TPSA) is 50.8 Å². The van der Waals surface area contributed by atoms with Crippen molar-refractivity contribution in [2.24, 2.45) is 0 Å². The summed E-state index contributed by atoms with van der Waals surface area (Å²) in [6.45, 7) is 2.66. The molecule has 1 atom stereocenters. The van der Waals surface area contributed by atoms with E-state index >= 15 is 0 Å². The Kier molecular flexibility index (Phi) is 3.72. The van der Waals surface area contributed by atoms with E-state index in [1.165, 1.54) is 17.7 Å². The van der Waals surface area contributed by atoms with E-state index < -0.39 is 0 Å². The van der Waals surface area contributed by atoms with Crippen LogP contribution >= 0.6 is 0 Å². The van der Waals surface area contributed by atoms with Gasteiger partial charge in [-0.3, -0.25) is 9.63 Å². The second kappa shape index (κ2) is 5.27. The Morgan fingerprint density at radius 2 is 2.39 bits per heavy atom. The Bertz CT molecular complexity index is 448. The van der Waals surface area contributed by atoms with Gasteiger partial charge >= 0.3 is 0 Å². The number of hydrogen-bond acceptors (Lipinski definition) is 4. The van der Waals surface area contributed by atoms with Crippen LogP contribution in [0.2, 0.25) is 0 Å². The molecule has 0 aromatic heterocycles. The van der Waals surface area contributed by atoms with Crippen LogP contribution in [0.15, 0.2) is 18.2 Å². The first kappa shape index (κ1) is 12.7. The smallest absolute Gasteiger partial charge is 0.249 e. The van der Waals surface area contributed by atoms with E-state index in [-0.39, 0.29) is 12.0 Å². The van der Waals surface area contributed by atoms with Crippen molar-refractivity contribution in [1.82, 2.24) is 5.06 Å². The number of hydroxylamine groups is 2. The monoisotopic (exact) mass is 250 g/mol. The minimum Gasteiger partial charge on any atom is -0.486 e. The molecule has 18 heavy (non-hydrogen) atoms. The Morgan fingerprint density at radius 1 is 1.61 bits per heavy atom. The van der Waals surface area contributed by atoms with Crippen LogP contribution in [0.3, 0.4) is 0 Å². The number of carbonyl (C=O) groups excluding carboxylic acids is 1. The van der Waals surface area contributed by atoms with Gasteiger partial charge in [0.25, 0.3) is 0 Å². The third kappa shape index (κ3) is 2.73. The lowest BCUT2D eigenvalue weighted by atomic mass is 10.1. The van der Waals surface area contributed by atoms with E-state index in [9.17, 15) is 4.79 Å². The molecule has 0 spiro atoms. The normalized spacial score (nSPS) is 17.4. The number of rotatable bonds is 3. The van der Waals surface area contributed by atoms with Crippen LogP contribution in [0.5, 0.6) is 5.75 Å². The van der Waals surface area contributed by atoms with E-state index in [0.29, 0.717) is 13.0 Å². The molecular formula is C13H18N2O3. The predicted molar refractivity (Wildman–Crippen MR) is 68.5 cm³/mol. The number of amides is 1. The summed E-state index contributed by atoms with van der Waals surface area (Å²) in [6, 6.07) is 5.95. The largest absolute Gasteiger partial charge is 0.486 e. The molecule has 5 heteroatoms. The number of fused-ring (bicyclic) bond motifs is 1. The first-order valence-corrected chi connectivity index (χ1v) is 5.92. The lowest BCUT2D eigenvalue weighted by Gasteiger charge is -2.28. The number of nitrogens with one attached hydrogen (secondary N) is 1. The summed E-state index contributed by atoms with van der Waals surface area (Å²) in [5, 5.41) is 4.50.